The molecule has 0 spiro atoms. The summed E-state index contributed by atoms with van der Waals surface area (Å²) in [6, 6.07) is 0. The molecular weight excluding hydrogens is 1080 g/mol. The molecule has 2 unspecified atom stereocenters. The van der Waals surface area contributed by atoms with Gasteiger partial charge in [-0.3, -0.25) is 9.59 Å². The summed E-state index contributed by atoms with van der Waals surface area (Å²) in [5.41, 5.74) is 0. The highest BCUT2D eigenvalue weighted by molar-refractivity contribution is 5.71. The fourth-order valence-corrected chi connectivity index (χ4v) is 11.0. The standard InChI is InChI=1S/C78H143NO8/c1-6-8-10-12-14-16-18-20-22-24-26-28-30-31-32-33-34-35-36-37-38-39-40-41-42-43-44-45-47-48-50-52-54-56-58-60-62-64-66-68-75(80)85-72-74(73-86-78(77(82)83)84-71-70-79(3,4)5)87-76(81)69-67-65-63-61-59-57-55-53-51-49-46-29-27-25-23-21-19-17-15-13-11-9-7-2/h18-21,24-27,46,49,74,78H,6-17,22-23,28-45,47-48,50-73H2,1-5H3/p+1/b20-18-,21-19-,26-24-,27-25-,49-46-. The highest BCUT2D eigenvalue weighted by Gasteiger charge is 2.25. The highest BCUT2D eigenvalue weighted by atomic mass is 16.7. The Balaban J connectivity index is 3.98. The van der Waals surface area contributed by atoms with Crippen LogP contribution in [0.2, 0.25) is 0 Å². The molecule has 0 aliphatic heterocycles. The second kappa shape index (κ2) is 68.9. The number of carbonyl (C=O) groups is 3. The van der Waals surface area contributed by atoms with E-state index in [1.807, 2.05) is 21.1 Å². The minimum Gasteiger partial charge on any atom is -0.477 e. The zero-order chi connectivity index (χ0) is 63.3. The fourth-order valence-electron chi connectivity index (χ4n) is 11.0. The third-order valence-electron chi connectivity index (χ3n) is 16.7. The van der Waals surface area contributed by atoms with Gasteiger partial charge in [-0.05, 0) is 83.5 Å². The van der Waals surface area contributed by atoms with Gasteiger partial charge in [-0.2, -0.15) is 0 Å². The number of hydrogen-bond donors (Lipinski definition) is 1. The number of carbonyl (C=O) groups excluding carboxylic acids is 2. The van der Waals surface area contributed by atoms with E-state index in [0.29, 0.717) is 23.9 Å². The molecule has 2 atom stereocenters. The van der Waals surface area contributed by atoms with Gasteiger partial charge in [0.15, 0.2) is 6.10 Å². The Morgan fingerprint density at radius 1 is 0.345 bits per heavy atom. The molecule has 0 saturated carbocycles. The lowest BCUT2D eigenvalue weighted by Gasteiger charge is -2.25. The number of hydrogen-bond acceptors (Lipinski definition) is 7. The molecule has 9 heteroatoms. The van der Waals surface area contributed by atoms with Crippen LogP contribution in [0.25, 0.3) is 0 Å². The van der Waals surface area contributed by atoms with Gasteiger partial charge in [-0.15, -0.1) is 0 Å². The summed E-state index contributed by atoms with van der Waals surface area (Å²) in [6.07, 6.45) is 87.9. The monoisotopic (exact) mass is 1220 g/mol. The van der Waals surface area contributed by atoms with Crippen molar-refractivity contribution in [3.63, 3.8) is 0 Å². The van der Waals surface area contributed by atoms with Crippen LogP contribution < -0.4 is 0 Å². The van der Waals surface area contributed by atoms with Gasteiger partial charge in [0.25, 0.3) is 6.29 Å². The molecule has 0 bridgehead atoms. The lowest BCUT2D eigenvalue weighted by molar-refractivity contribution is -0.870. The van der Waals surface area contributed by atoms with Crippen LogP contribution in [-0.4, -0.2) is 87.4 Å². The summed E-state index contributed by atoms with van der Waals surface area (Å²) in [6.45, 7) is 4.90. The molecule has 9 nitrogen and oxygen atoms in total. The first kappa shape index (κ1) is 84.0. The minimum absolute atomic E-state index is 0.183. The quantitative estimate of drug-likeness (QED) is 0.0211. The second-order valence-corrected chi connectivity index (χ2v) is 26.6. The minimum atomic E-state index is -1.51. The number of likely N-dealkylation sites (N-methyl/N-ethyl adjacent to an activating group) is 1. The van der Waals surface area contributed by atoms with Gasteiger partial charge >= 0.3 is 17.9 Å². The van der Waals surface area contributed by atoms with E-state index in [1.165, 1.54) is 263 Å². The van der Waals surface area contributed by atoms with Crippen LogP contribution in [0.15, 0.2) is 60.8 Å². The summed E-state index contributed by atoms with van der Waals surface area (Å²) in [5.74, 6) is -2.00. The Bertz CT molecular complexity index is 1610. The molecule has 0 aromatic rings. The highest BCUT2D eigenvalue weighted by Crippen LogP contribution is 2.19. The van der Waals surface area contributed by atoms with Crippen molar-refractivity contribution >= 4 is 17.9 Å². The van der Waals surface area contributed by atoms with Crippen LogP contribution in [0.4, 0.5) is 0 Å². The lowest BCUT2D eigenvalue weighted by Crippen LogP contribution is -2.40. The van der Waals surface area contributed by atoms with Crippen molar-refractivity contribution in [1.29, 1.82) is 0 Å². The third-order valence-corrected chi connectivity index (χ3v) is 16.7. The number of aliphatic carboxylic acids is 1. The lowest BCUT2D eigenvalue weighted by atomic mass is 10.0. The molecule has 0 aromatic carbocycles. The summed E-state index contributed by atoms with van der Waals surface area (Å²) >= 11 is 0. The summed E-state index contributed by atoms with van der Waals surface area (Å²) in [4.78, 5) is 37.6. The predicted molar refractivity (Wildman–Crippen MR) is 373 cm³/mol. The number of allylic oxidation sites excluding steroid dienone is 10. The Morgan fingerprint density at radius 2 is 0.621 bits per heavy atom. The van der Waals surface area contributed by atoms with Gasteiger partial charge < -0.3 is 28.5 Å². The molecule has 0 heterocycles. The molecule has 1 N–H and O–H groups in total. The van der Waals surface area contributed by atoms with Gasteiger partial charge in [0.1, 0.15) is 13.2 Å². The van der Waals surface area contributed by atoms with Gasteiger partial charge in [0, 0.05) is 12.8 Å². The Labute approximate surface area is 539 Å². The van der Waals surface area contributed by atoms with E-state index in [2.05, 4.69) is 74.6 Å². The molecule has 0 radical (unpaired) electrons. The molecule has 0 aliphatic carbocycles. The number of unbranched alkanes of at least 4 members (excludes halogenated alkanes) is 45. The number of ether oxygens (including phenoxy) is 4. The number of quaternary nitrogens is 1. The van der Waals surface area contributed by atoms with Gasteiger partial charge in [-0.1, -0.05) is 325 Å². The van der Waals surface area contributed by atoms with E-state index >= 15 is 0 Å². The van der Waals surface area contributed by atoms with Crippen LogP contribution in [-0.2, 0) is 33.3 Å². The summed E-state index contributed by atoms with van der Waals surface area (Å²) in [7, 11) is 5.98. The summed E-state index contributed by atoms with van der Waals surface area (Å²) < 4.78 is 23.0. The first-order chi connectivity index (χ1) is 42.6. The zero-order valence-electron chi connectivity index (χ0n) is 58.2. The number of carboxylic acids is 1. The van der Waals surface area contributed by atoms with Crippen LogP contribution in [0.5, 0.6) is 0 Å². The molecule has 0 amide bonds. The number of rotatable bonds is 70. The van der Waals surface area contributed by atoms with Crippen molar-refractivity contribution < 1.29 is 42.9 Å². The SMILES string of the molecule is CCCCCCC/C=C\C/C=C\C/C=C\CCCCCCCCCCC(=O)OC(COC(=O)CCCCCCCCCCCCCCCCCCCCCCCCCCCCC/C=C\C/C=C\CCCCCCC)COC(OCC[N+](C)(C)C)C(=O)O. The Morgan fingerprint density at radius 3 is 0.920 bits per heavy atom. The fraction of sp³-hybridized carbons (Fsp3) is 0.833. The molecule has 0 saturated heterocycles. The van der Waals surface area contributed by atoms with Crippen LogP contribution in [0.3, 0.4) is 0 Å². The van der Waals surface area contributed by atoms with Crippen molar-refractivity contribution in [1.82, 2.24) is 0 Å². The van der Waals surface area contributed by atoms with E-state index < -0.39 is 24.3 Å². The van der Waals surface area contributed by atoms with Gasteiger partial charge in [0.05, 0.1) is 34.4 Å². The van der Waals surface area contributed by atoms with Crippen molar-refractivity contribution in [2.45, 2.75) is 373 Å². The van der Waals surface area contributed by atoms with Crippen molar-refractivity contribution in [3.05, 3.63) is 60.8 Å². The molecular formula is C78H144NO8+. The average molecular weight is 1220 g/mol. The first-order valence-corrected chi connectivity index (χ1v) is 37.5. The summed E-state index contributed by atoms with van der Waals surface area (Å²) in [5, 5.41) is 9.75. The maximum absolute atomic E-state index is 12.9. The molecule has 87 heavy (non-hydrogen) atoms. The molecule has 0 aromatic heterocycles. The van der Waals surface area contributed by atoms with E-state index in [-0.39, 0.29) is 32.2 Å². The zero-order valence-corrected chi connectivity index (χ0v) is 58.2. The van der Waals surface area contributed by atoms with Crippen LogP contribution in [0, 0.1) is 0 Å². The molecule has 0 fully saturated rings. The average Bonchev–Trinajstić information content (AvgIpc) is 3.50. The van der Waals surface area contributed by atoms with Crippen molar-refractivity contribution in [3.8, 4) is 0 Å². The molecule has 0 aliphatic rings. The normalized spacial score (nSPS) is 13.0. The van der Waals surface area contributed by atoms with Crippen molar-refractivity contribution in [2.75, 3.05) is 47.5 Å². The number of esters is 2. The molecule has 0 rings (SSSR count). The topological polar surface area (TPSA) is 108 Å². The predicted octanol–water partition coefficient (Wildman–Crippen LogP) is 23.5. The van der Waals surface area contributed by atoms with E-state index in [0.717, 1.165) is 64.2 Å². The van der Waals surface area contributed by atoms with E-state index in [9.17, 15) is 19.5 Å². The number of nitrogens with zero attached hydrogens (tertiary/aromatic N) is 1. The Kier molecular flexibility index (Phi) is 66.5. The Hall–Kier alpha value is -3.01. The van der Waals surface area contributed by atoms with Crippen molar-refractivity contribution in [2.24, 2.45) is 0 Å². The largest absolute Gasteiger partial charge is 0.477 e. The maximum atomic E-state index is 12.9. The number of carboxylic acid groups (broad SMARTS) is 1. The third kappa shape index (κ3) is 70.3. The van der Waals surface area contributed by atoms with Crippen LogP contribution in [0.1, 0.15) is 361 Å². The molecule has 508 valence electrons. The van der Waals surface area contributed by atoms with Gasteiger partial charge in [-0.25, -0.2) is 4.79 Å². The maximum Gasteiger partial charge on any atom is 0.361 e. The van der Waals surface area contributed by atoms with E-state index in [4.69, 9.17) is 18.9 Å². The smallest absolute Gasteiger partial charge is 0.361 e. The van der Waals surface area contributed by atoms with E-state index in [1.54, 1.807) is 0 Å². The second-order valence-electron chi connectivity index (χ2n) is 26.6. The van der Waals surface area contributed by atoms with Gasteiger partial charge in [0.2, 0.25) is 0 Å². The first-order valence-electron chi connectivity index (χ1n) is 37.5. The van der Waals surface area contributed by atoms with Crippen LogP contribution >= 0.6 is 0 Å².